The van der Waals surface area contributed by atoms with Gasteiger partial charge in [0.05, 0.1) is 0 Å². The van der Waals surface area contributed by atoms with E-state index in [1.165, 1.54) is 173 Å². The first-order chi connectivity index (χ1) is 38.5. The smallest absolute Gasteiger partial charge is 0.306 e. The lowest BCUT2D eigenvalue weighted by Crippen LogP contribution is -2.30. The molecule has 0 rings (SSSR count). The summed E-state index contributed by atoms with van der Waals surface area (Å²) in [4.78, 5) is 38.3. The molecule has 0 radical (unpaired) electrons. The van der Waals surface area contributed by atoms with Gasteiger partial charge in [0.15, 0.2) is 6.10 Å². The number of hydrogen-bond acceptors (Lipinski definition) is 6. The summed E-state index contributed by atoms with van der Waals surface area (Å²) >= 11 is 0. The van der Waals surface area contributed by atoms with Crippen LogP contribution >= 0.6 is 0 Å². The predicted octanol–water partition coefficient (Wildman–Crippen LogP) is 22.8. The zero-order valence-electron chi connectivity index (χ0n) is 51.4. The molecule has 6 heteroatoms. The van der Waals surface area contributed by atoms with Gasteiger partial charge in [0.1, 0.15) is 13.2 Å². The lowest BCUT2D eigenvalue weighted by atomic mass is 10.0. The molecule has 0 amide bonds. The largest absolute Gasteiger partial charge is 0.462 e. The van der Waals surface area contributed by atoms with Crippen LogP contribution < -0.4 is 0 Å². The molecule has 0 aliphatic rings. The Labute approximate surface area is 483 Å². The first-order valence-corrected chi connectivity index (χ1v) is 33.2. The van der Waals surface area contributed by atoms with Gasteiger partial charge in [-0.1, -0.05) is 279 Å². The second-order valence-electron chi connectivity index (χ2n) is 22.0. The highest BCUT2D eigenvalue weighted by Crippen LogP contribution is 2.16. The van der Waals surface area contributed by atoms with Gasteiger partial charge >= 0.3 is 17.9 Å². The average Bonchev–Trinajstić information content (AvgIpc) is 3.44. The van der Waals surface area contributed by atoms with Crippen molar-refractivity contribution >= 4 is 17.9 Å². The van der Waals surface area contributed by atoms with E-state index < -0.39 is 6.10 Å². The molecule has 6 nitrogen and oxygen atoms in total. The van der Waals surface area contributed by atoms with Crippen LogP contribution in [0.4, 0.5) is 0 Å². The summed E-state index contributed by atoms with van der Waals surface area (Å²) in [6.45, 7) is 6.51. The van der Waals surface area contributed by atoms with Gasteiger partial charge in [-0.25, -0.2) is 0 Å². The molecule has 0 aromatic rings. The minimum Gasteiger partial charge on any atom is -0.462 e. The molecule has 1 unspecified atom stereocenters. The second kappa shape index (κ2) is 65.8. The first kappa shape index (κ1) is 74.3. The third-order valence-corrected chi connectivity index (χ3v) is 14.3. The fourth-order valence-corrected chi connectivity index (χ4v) is 9.32. The molecule has 1 atom stereocenters. The summed E-state index contributed by atoms with van der Waals surface area (Å²) in [7, 11) is 0. The van der Waals surface area contributed by atoms with Gasteiger partial charge < -0.3 is 14.2 Å². The van der Waals surface area contributed by atoms with Gasteiger partial charge in [0, 0.05) is 19.3 Å². The van der Waals surface area contributed by atoms with E-state index in [1.807, 2.05) is 0 Å². The van der Waals surface area contributed by atoms with Gasteiger partial charge in [-0.2, -0.15) is 0 Å². The van der Waals surface area contributed by atoms with E-state index in [9.17, 15) is 14.4 Å². The topological polar surface area (TPSA) is 78.9 Å². The van der Waals surface area contributed by atoms with Crippen LogP contribution in [0.15, 0.2) is 97.2 Å². The summed E-state index contributed by atoms with van der Waals surface area (Å²) in [5.41, 5.74) is 0. The van der Waals surface area contributed by atoms with Gasteiger partial charge in [0.25, 0.3) is 0 Å². The van der Waals surface area contributed by atoms with E-state index in [4.69, 9.17) is 14.2 Å². The second-order valence-corrected chi connectivity index (χ2v) is 22.0. The van der Waals surface area contributed by atoms with Crippen molar-refractivity contribution < 1.29 is 28.6 Å². The van der Waals surface area contributed by atoms with E-state index in [0.29, 0.717) is 19.3 Å². The van der Waals surface area contributed by atoms with E-state index in [0.717, 1.165) is 109 Å². The van der Waals surface area contributed by atoms with Crippen molar-refractivity contribution in [3.05, 3.63) is 97.2 Å². The molecule has 0 saturated carbocycles. The summed E-state index contributed by atoms with van der Waals surface area (Å²) in [5, 5.41) is 0. The van der Waals surface area contributed by atoms with E-state index in [2.05, 4.69) is 118 Å². The summed E-state index contributed by atoms with van der Waals surface area (Å²) in [6, 6.07) is 0. The van der Waals surface area contributed by atoms with Crippen molar-refractivity contribution in [1.29, 1.82) is 0 Å². The molecule has 0 N–H and O–H groups in total. The zero-order chi connectivity index (χ0) is 56.4. The Kier molecular flexibility index (Phi) is 62.7. The number of unbranched alkanes of at least 4 members (excludes halogenated alkanes) is 33. The minimum atomic E-state index is -0.786. The van der Waals surface area contributed by atoms with Crippen LogP contribution in [0, 0.1) is 0 Å². The Bertz CT molecular complexity index is 1530. The number of esters is 3. The Hall–Kier alpha value is -3.67. The van der Waals surface area contributed by atoms with Crippen molar-refractivity contribution in [1.82, 2.24) is 0 Å². The third kappa shape index (κ3) is 63.2. The number of carbonyl (C=O) groups is 3. The maximum absolute atomic E-state index is 12.9. The molecule has 0 bridgehead atoms. The number of hydrogen-bond donors (Lipinski definition) is 0. The highest BCUT2D eigenvalue weighted by atomic mass is 16.6. The highest BCUT2D eigenvalue weighted by molar-refractivity contribution is 5.71. The van der Waals surface area contributed by atoms with Crippen molar-refractivity contribution in [2.75, 3.05) is 13.2 Å². The SMILES string of the molecule is CC/C=C\C/C=C\C/C=C\C/C=C\C/C=C\CCCCCCCCCCCCCCCC(=O)OCC(COC(=O)CCCCCCC/C=C\CCCCCCC)OC(=O)CCCCCCCCC/C=C\C/C=C\CCCCC. The maximum Gasteiger partial charge on any atom is 0.306 e. The van der Waals surface area contributed by atoms with Gasteiger partial charge in [0.2, 0.25) is 0 Å². The van der Waals surface area contributed by atoms with Crippen molar-refractivity contribution in [2.45, 2.75) is 329 Å². The lowest BCUT2D eigenvalue weighted by molar-refractivity contribution is -0.167. The fourth-order valence-electron chi connectivity index (χ4n) is 9.32. The monoisotopic (exact) mass is 1080 g/mol. The van der Waals surface area contributed by atoms with Crippen LogP contribution in [-0.2, 0) is 28.6 Å². The molecule has 0 heterocycles. The van der Waals surface area contributed by atoms with Crippen LogP contribution in [-0.4, -0.2) is 37.2 Å². The molecule has 0 saturated heterocycles. The Morgan fingerprint density at radius 2 is 0.500 bits per heavy atom. The van der Waals surface area contributed by atoms with Crippen LogP contribution in [0.3, 0.4) is 0 Å². The van der Waals surface area contributed by atoms with Crippen molar-refractivity contribution in [3.8, 4) is 0 Å². The molecule has 0 aliphatic carbocycles. The summed E-state index contributed by atoms with van der Waals surface area (Å²) < 4.78 is 16.9. The van der Waals surface area contributed by atoms with E-state index in [-0.39, 0.29) is 31.1 Å². The normalized spacial score (nSPS) is 12.7. The van der Waals surface area contributed by atoms with Crippen molar-refractivity contribution in [2.24, 2.45) is 0 Å². The van der Waals surface area contributed by atoms with Gasteiger partial charge in [-0.05, 0) is 122 Å². The molecule has 448 valence electrons. The van der Waals surface area contributed by atoms with Crippen LogP contribution in [0.1, 0.15) is 323 Å². The highest BCUT2D eigenvalue weighted by Gasteiger charge is 2.19. The first-order valence-electron chi connectivity index (χ1n) is 33.2. The average molecular weight is 1090 g/mol. The zero-order valence-corrected chi connectivity index (χ0v) is 51.4. The quantitative estimate of drug-likeness (QED) is 0.0261. The molecule has 0 fully saturated rings. The van der Waals surface area contributed by atoms with Crippen LogP contribution in [0.25, 0.3) is 0 Å². The Morgan fingerprint density at radius 1 is 0.269 bits per heavy atom. The fraction of sp³-hybridized carbons (Fsp3) is 0.736. The van der Waals surface area contributed by atoms with E-state index >= 15 is 0 Å². The number of carbonyl (C=O) groups excluding carboxylic acids is 3. The maximum atomic E-state index is 12.9. The molecule has 0 aromatic heterocycles. The number of ether oxygens (including phenoxy) is 3. The third-order valence-electron chi connectivity index (χ3n) is 14.3. The molecule has 78 heavy (non-hydrogen) atoms. The van der Waals surface area contributed by atoms with Crippen LogP contribution in [0.2, 0.25) is 0 Å². The summed E-state index contributed by atoms with van der Waals surface area (Å²) in [6.07, 6.45) is 88.4. The Morgan fingerprint density at radius 3 is 0.821 bits per heavy atom. The number of rotatable bonds is 60. The predicted molar refractivity (Wildman–Crippen MR) is 339 cm³/mol. The Balaban J connectivity index is 4.28. The molecular formula is C72H124O6. The minimum absolute atomic E-state index is 0.0821. The molecule has 0 aliphatic heterocycles. The standard InChI is InChI=1S/C72H124O6/c1-4-7-10-13-16-19-22-25-28-30-31-32-33-34-35-36-37-38-39-40-41-43-44-47-50-53-56-59-62-65-71(74)77-68-69(67-76-70(73)64-61-58-55-52-49-46-27-24-21-18-15-12-9-6-3)78-72(75)66-63-60-57-54-51-48-45-42-29-26-23-20-17-14-11-8-5-2/h7,10,16-17,19-20,24-29,31-32,34-35,69H,4-6,8-9,11-15,18,21-23,30,33,36-68H2,1-3H3/b10-7-,19-16-,20-17-,27-24-,28-25-,29-26-,32-31-,35-34-. The van der Waals surface area contributed by atoms with Crippen LogP contribution in [0.5, 0.6) is 0 Å². The summed E-state index contributed by atoms with van der Waals surface area (Å²) in [5.74, 6) is -0.888. The van der Waals surface area contributed by atoms with E-state index in [1.54, 1.807) is 0 Å². The number of allylic oxidation sites excluding steroid dienone is 16. The van der Waals surface area contributed by atoms with Crippen molar-refractivity contribution in [3.63, 3.8) is 0 Å². The lowest BCUT2D eigenvalue weighted by Gasteiger charge is -2.18. The molecule has 0 aromatic carbocycles. The molecule has 0 spiro atoms. The molecular weight excluding hydrogens is 961 g/mol. The van der Waals surface area contributed by atoms with Gasteiger partial charge in [-0.3, -0.25) is 14.4 Å². The van der Waals surface area contributed by atoms with Gasteiger partial charge in [-0.15, -0.1) is 0 Å².